The zero-order chi connectivity index (χ0) is 18.0. The van der Waals surface area contributed by atoms with Gasteiger partial charge in [-0.15, -0.1) is 0 Å². The molecule has 25 heavy (non-hydrogen) atoms. The number of nitrogens with zero attached hydrogens (tertiary/aromatic N) is 4. The average molecular weight is 397 g/mol. The maximum absolute atomic E-state index is 12.8. The van der Waals surface area contributed by atoms with Crippen molar-refractivity contribution in [1.29, 1.82) is 5.26 Å². The lowest BCUT2D eigenvalue weighted by molar-refractivity contribution is 0.384. The predicted molar refractivity (Wildman–Crippen MR) is 96.4 cm³/mol. The second-order valence-electron chi connectivity index (χ2n) is 5.46. The molecule has 0 unspecified atom stereocenters. The van der Waals surface area contributed by atoms with Crippen LogP contribution in [0, 0.1) is 11.3 Å². The molecule has 1 aliphatic rings. The minimum atomic E-state index is -3.72. The van der Waals surface area contributed by atoms with Crippen LogP contribution >= 0.6 is 23.2 Å². The van der Waals surface area contributed by atoms with Gasteiger partial charge < -0.3 is 4.90 Å². The van der Waals surface area contributed by atoms with E-state index in [1.807, 2.05) is 11.0 Å². The first-order valence-corrected chi connectivity index (χ1v) is 9.68. The van der Waals surface area contributed by atoms with Crippen molar-refractivity contribution in [1.82, 2.24) is 9.29 Å². The summed E-state index contributed by atoms with van der Waals surface area (Å²) in [6, 6.07) is 9.75. The second-order valence-corrected chi connectivity index (χ2v) is 8.21. The van der Waals surface area contributed by atoms with Gasteiger partial charge >= 0.3 is 0 Å². The normalized spacial score (nSPS) is 15.8. The monoisotopic (exact) mass is 396 g/mol. The Labute approximate surface area is 156 Å². The minimum absolute atomic E-state index is 0.0357. The highest BCUT2D eigenvalue weighted by Gasteiger charge is 2.31. The molecule has 0 bridgehead atoms. The van der Waals surface area contributed by atoms with E-state index in [9.17, 15) is 8.42 Å². The van der Waals surface area contributed by atoms with Crippen molar-refractivity contribution in [3.63, 3.8) is 0 Å². The number of piperazine rings is 1. The van der Waals surface area contributed by atoms with Crippen molar-refractivity contribution >= 4 is 39.0 Å². The van der Waals surface area contributed by atoms with Crippen LogP contribution < -0.4 is 4.90 Å². The van der Waals surface area contributed by atoms with E-state index < -0.39 is 10.0 Å². The maximum atomic E-state index is 12.8. The molecule has 0 amide bonds. The first-order chi connectivity index (χ1) is 11.9. The molecule has 0 atom stereocenters. The Bertz CT molecular complexity index is 935. The van der Waals surface area contributed by atoms with Crippen molar-refractivity contribution < 1.29 is 8.42 Å². The molecule has 0 spiro atoms. The van der Waals surface area contributed by atoms with Gasteiger partial charge in [-0.05, 0) is 18.2 Å². The molecular weight excluding hydrogens is 383 g/mol. The Morgan fingerprint density at radius 1 is 1.12 bits per heavy atom. The van der Waals surface area contributed by atoms with Gasteiger partial charge in [0.2, 0.25) is 10.0 Å². The van der Waals surface area contributed by atoms with Gasteiger partial charge in [-0.25, -0.2) is 13.4 Å². The Balaban J connectivity index is 1.79. The van der Waals surface area contributed by atoms with Crippen molar-refractivity contribution in [2.45, 2.75) is 4.90 Å². The third kappa shape index (κ3) is 3.58. The van der Waals surface area contributed by atoms with Gasteiger partial charge in [-0.1, -0.05) is 35.3 Å². The van der Waals surface area contributed by atoms with Crippen molar-refractivity contribution in [2.75, 3.05) is 31.1 Å². The minimum Gasteiger partial charge on any atom is -0.353 e. The predicted octanol–water partition coefficient (Wildman–Crippen LogP) is 2.77. The lowest BCUT2D eigenvalue weighted by Crippen LogP contribution is -2.49. The number of aromatic nitrogens is 1. The van der Waals surface area contributed by atoms with Gasteiger partial charge in [-0.2, -0.15) is 9.57 Å². The topological polar surface area (TPSA) is 77.3 Å². The highest BCUT2D eigenvalue weighted by Crippen LogP contribution is 2.28. The third-order valence-electron chi connectivity index (χ3n) is 3.95. The molecule has 1 fully saturated rings. The van der Waals surface area contributed by atoms with E-state index in [1.165, 1.54) is 22.6 Å². The number of anilines is 1. The quantitative estimate of drug-likeness (QED) is 0.796. The molecule has 2 aromatic rings. The summed E-state index contributed by atoms with van der Waals surface area (Å²) in [5.41, 5.74) is 0.146. The molecule has 0 N–H and O–H groups in total. The van der Waals surface area contributed by atoms with Crippen LogP contribution in [0.15, 0.2) is 41.4 Å². The zero-order valence-electron chi connectivity index (χ0n) is 13.1. The molecule has 3 rings (SSSR count). The second kappa shape index (κ2) is 7.18. The smallest absolute Gasteiger partial charge is 0.244 e. The number of halogens is 2. The van der Waals surface area contributed by atoms with E-state index in [1.54, 1.807) is 18.2 Å². The average Bonchev–Trinajstić information content (AvgIpc) is 2.62. The first kappa shape index (κ1) is 18.0. The van der Waals surface area contributed by atoms with E-state index in [4.69, 9.17) is 28.5 Å². The summed E-state index contributed by atoms with van der Waals surface area (Å²) >= 11 is 12.0. The number of nitriles is 1. The van der Waals surface area contributed by atoms with E-state index in [2.05, 4.69) is 4.98 Å². The Morgan fingerprint density at radius 2 is 1.80 bits per heavy atom. The molecule has 130 valence electrons. The van der Waals surface area contributed by atoms with Gasteiger partial charge in [-0.3, -0.25) is 0 Å². The summed E-state index contributed by atoms with van der Waals surface area (Å²) in [4.78, 5) is 6.18. The van der Waals surface area contributed by atoms with Gasteiger partial charge in [0, 0.05) is 32.4 Å². The maximum Gasteiger partial charge on any atom is 0.244 e. The van der Waals surface area contributed by atoms with Crippen LogP contribution in [0.5, 0.6) is 0 Å². The fourth-order valence-corrected chi connectivity index (χ4v) is 4.77. The largest absolute Gasteiger partial charge is 0.353 e. The van der Waals surface area contributed by atoms with Crippen LogP contribution in [0.1, 0.15) is 5.56 Å². The van der Waals surface area contributed by atoms with Crippen LogP contribution in [0.2, 0.25) is 10.0 Å². The van der Waals surface area contributed by atoms with Crippen molar-refractivity contribution in [3.8, 4) is 6.07 Å². The van der Waals surface area contributed by atoms with Crippen LogP contribution in [0.4, 0.5) is 5.82 Å². The Morgan fingerprint density at radius 3 is 2.44 bits per heavy atom. The number of hydrogen-bond acceptors (Lipinski definition) is 5. The molecule has 0 saturated carbocycles. The molecule has 6 nitrogen and oxygen atoms in total. The van der Waals surface area contributed by atoms with E-state index >= 15 is 0 Å². The van der Waals surface area contributed by atoms with Crippen LogP contribution in [-0.2, 0) is 10.0 Å². The zero-order valence-corrected chi connectivity index (χ0v) is 15.4. The summed E-state index contributed by atoms with van der Waals surface area (Å²) in [5.74, 6) is 0.584. The highest BCUT2D eigenvalue weighted by atomic mass is 35.5. The highest BCUT2D eigenvalue weighted by molar-refractivity contribution is 7.89. The third-order valence-corrected chi connectivity index (χ3v) is 6.39. The fraction of sp³-hybridized carbons (Fsp3) is 0.250. The Kier molecular flexibility index (Phi) is 5.16. The molecule has 1 saturated heterocycles. The number of hydrogen-bond donors (Lipinski definition) is 0. The SMILES string of the molecule is N#Cc1ccccc1S(=O)(=O)N1CCN(c2ncc(Cl)cc2Cl)CC1. The fourth-order valence-electron chi connectivity index (χ4n) is 2.70. The van der Waals surface area contributed by atoms with E-state index in [0.717, 1.165) is 0 Å². The molecule has 1 aromatic carbocycles. The summed E-state index contributed by atoms with van der Waals surface area (Å²) in [7, 11) is -3.72. The summed E-state index contributed by atoms with van der Waals surface area (Å²) in [6.45, 7) is 1.45. The van der Waals surface area contributed by atoms with Gasteiger partial charge in [0.15, 0.2) is 0 Å². The molecular formula is C16H14Cl2N4O2S. The summed E-state index contributed by atoms with van der Waals surface area (Å²) < 4.78 is 27.0. The lowest BCUT2D eigenvalue weighted by atomic mass is 10.2. The molecule has 2 heterocycles. The molecule has 1 aromatic heterocycles. The van der Waals surface area contributed by atoms with Crippen LogP contribution in [0.3, 0.4) is 0 Å². The number of rotatable bonds is 3. The van der Waals surface area contributed by atoms with Crippen LogP contribution in [-0.4, -0.2) is 43.9 Å². The first-order valence-electron chi connectivity index (χ1n) is 7.49. The van der Waals surface area contributed by atoms with Crippen molar-refractivity contribution in [2.24, 2.45) is 0 Å². The van der Waals surface area contributed by atoms with Gasteiger partial charge in [0.1, 0.15) is 11.9 Å². The summed E-state index contributed by atoms with van der Waals surface area (Å²) in [6.07, 6.45) is 1.51. The number of benzene rings is 1. The molecule has 0 radical (unpaired) electrons. The molecule has 0 aliphatic carbocycles. The standard InChI is InChI=1S/C16H14Cl2N4O2S/c17-13-9-14(18)16(20-11-13)21-5-7-22(8-6-21)25(23,24)15-4-2-1-3-12(15)10-19/h1-4,9,11H,5-8H2. The van der Waals surface area contributed by atoms with E-state index in [0.29, 0.717) is 29.0 Å². The van der Waals surface area contributed by atoms with Crippen molar-refractivity contribution in [3.05, 3.63) is 52.1 Å². The van der Waals surface area contributed by atoms with E-state index in [-0.39, 0.29) is 23.5 Å². The number of sulfonamides is 1. The summed E-state index contributed by atoms with van der Waals surface area (Å²) in [5, 5.41) is 10.0. The molecule has 9 heteroatoms. The Hall–Kier alpha value is -1.85. The van der Waals surface area contributed by atoms with Gasteiger partial charge in [0.25, 0.3) is 0 Å². The molecule has 1 aliphatic heterocycles. The van der Waals surface area contributed by atoms with Gasteiger partial charge in [0.05, 0.1) is 20.5 Å². The lowest BCUT2D eigenvalue weighted by Gasteiger charge is -2.35. The number of pyridine rings is 1. The van der Waals surface area contributed by atoms with Crippen LogP contribution in [0.25, 0.3) is 0 Å².